The number of hydrogen-bond acceptors (Lipinski definition) is 2. The maximum absolute atomic E-state index is 13.5. The average Bonchev–Trinajstić information content (AvgIpc) is 2.62. The van der Waals surface area contributed by atoms with Gasteiger partial charge >= 0.3 is 0 Å². The summed E-state index contributed by atoms with van der Waals surface area (Å²) in [5, 5.41) is 0. The highest BCUT2D eigenvalue weighted by molar-refractivity contribution is 5.71. The summed E-state index contributed by atoms with van der Waals surface area (Å²) in [5.74, 6) is 1.11. The molecule has 0 spiro atoms. The highest BCUT2D eigenvalue weighted by atomic mass is 19.1. The van der Waals surface area contributed by atoms with E-state index in [-0.39, 0.29) is 23.6 Å². The fraction of sp³-hybridized carbons (Fsp3) is 0.0833. The summed E-state index contributed by atoms with van der Waals surface area (Å²) in [6.07, 6.45) is 6.49. The van der Waals surface area contributed by atoms with Gasteiger partial charge in [-0.15, -0.1) is 6.42 Å². The highest BCUT2D eigenvalue weighted by Gasteiger charge is 2.17. The van der Waals surface area contributed by atoms with Gasteiger partial charge in [0.05, 0.1) is 18.4 Å². The quantitative estimate of drug-likeness (QED) is 0.807. The summed E-state index contributed by atoms with van der Waals surface area (Å²) in [5.41, 5.74) is 5.56. The van der Waals surface area contributed by atoms with Crippen LogP contribution < -0.4 is 5.73 Å². The van der Waals surface area contributed by atoms with Crippen LogP contribution in [0.5, 0.6) is 0 Å². The van der Waals surface area contributed by atoms with Gasteiger partial charge in [-0.05, 0) is 12.1 Å². The van der Waals surface area contributed by atoms with Gasteiger partial charge in [-0.1, -0.05) is 12.0 Å². The molecule has 2 aromatic rings. The molecule has 1 aromatic heterocycles. The van der Waals surface area contributed by atoms with E-state index in [0.29, 0.717) is 0 Å². The molecule has 0 saturated heterocycles. The molecule has 1 heterocycles. The number of aromatic nitrogens is 2. The molecule has 0 bridgehead atoms. The van der Waals surface area contributed by atoms with Gasteiger partial charge in [0.15, 0.2) is 0 Å². The molecule has 2 rings (SSSR count). The van der Waals surface area contributed by atoms with Crippen LogP contribution in [0.1, 0.15) is 0 Å². The van der Waals surface area contributed by atoms with Crippen LogP contribution in [0.2, 0.25) is 0 Å². The van der Waals surface area contributed by atoms with E-state index in [1.807, 2.05) is 0 Å². The predicted molar refractivity (Wildman–Crippen MR) is 60.8 cm³/mol. The Morgan fingerprint density at radius 1 is 1.35 bits per heavy atom. The fourth-order valence-corrected chi connectivity index (χ4v) is 1.53. The van der Waals surface area contributed by atoms with Gasteiger partial charge in [-0.2, -0.15) is 0 Å². The molecule has 0 atom stereocenters. The van der Waals surface area contributed by atoms with Gasteiger partial charge in [0.25, 0.3) is 0 Å². The van der Waals surface area contributed by atoms with Crippen LogP contribution in [0.25, 0.3) is 11.3 Å². The van der Waals surface area contributed by atoms with E-state index < -0.39 is 11.6 Å². The molecule has 0 saturated carbocycles. The Hall–Kier alpha value is -2.35. The van der Waals surface area contributed by atoms with Crippen molar-refractivity contribution in [3.63, 3.8) is 0 Å². The number of nitrogens with zero attached hydrogens (tertiary/aromatic N) is 2. The fourth-order valence-electron chi connectivity index (χ4n) is 1.53. The Morgan fingerprint density at radius 3 is 2.59 bits per heavy atom. The van der Waals surface area contributed by atoms with Crippen LogP contribution >= 0.6 is 0 Å². The van der Waals surface area contributed by atoms with Crippen molar-refractivity contribution in [1.29, 1.82) is 0 Å². The molecule has 0 aliphatic heterocycles. The Kier molecular flexibility index (Phi) is 2.79. The van der Waals surface area contributed by atoms with E-state index >= 15 is 0 Å². The van der Waals surface area contributed by atoms with Crippen molar-refractivity contribution in [2.24, 2.45) is 0 Å². The van der Waals surface area contributed by atoms with Crippen molar-refractivity contribution in [3.05, 3.63) is 36.2 Å². The summed E-state index contributed by atoms with van der Waals surface area (Å²) < 4.78 is 28.5. The molecule has 0 aliphatic rings. The van der Waals surface area contributed by atoms with Crippen LogP contribution in [0.3, 0.4) is 0 Å². The van der Waals surface area contributed by atoms with E-state index in [4.69, 9.17) is 12.2 Å². The highest BCUT2D eigenvalue weighted by Crippen LogP contribution is 2.29. The number of hydrogen-bond donors (Lipinski definition) is 1. The monoisotopic (exact) mass is 233 g/mol. The summed E-state index contributed by atoms with van der Waals surface area (Å²) in [7, 11) is 0. The number of halogens is 2. The first-order chi connectivity index (χ1) is 8.15. The molecule has 3 nitrogen and oxygen atoms in total. The van der Waals surface area contributed by atoms with Gasteiger partial charge in [-0.3, -0.25) is 0 Å². The number of anilines is 1. The van der Waals surface area contributed by atoms with Crippen molar-refractivity contribution in [2.75, 3.05) is 5.73 Å². The SMILES string of the molecule is C#CCn1cnc(-c2c(F)cccc2F)c1N. The summed E-state index contributed by atoms with van der Waals surface area (Å²) in [4.78, 5) is 3.89. The minimum atomic E-state index is -0.706. The van der Waals surface area contributed by atoms with Gasteiger partial charge in [0.2, 0.25) is 0 Å². The lowest BCUT2D eigenvalue weighted by Crippen LogP contribution is -2.01. The third-order valence-corrected chi connectivity index (χ3v) is 2.34. The van der Waals surface area contributed by atoms with Crippen molar-refractivity contribution < 1.29 is 8.78 Å². The summed E-state index contributed by atoms with van der Waals surface area (Å²) >= 11 is 0. The second-order valence-electron chi connectivity index (χ2n) is 3.41. The Bertz CT molecular complexity index is 576. The second-order valence-corrected chi connectivity index (χ2v) is 3.41. The third-order valence-electron chi connectivity index (χ3n) is 2.34. The molecular weight excluding hydrogens is 224 g/mol. The smallest absolute Gasteiger partial charge is 0.135 e. The van der Waals surface area contributed by atoms with Crippen LogP contribution in [-0.4, -0.2) is 9.55 Å². The maximum Gasteiger partial charge on any atom is 0.135 e. The zero-order chi connectivity index (χ0) is 12.4. The van der Waals surface area contributed by atoms with E-state index in [0.717, 1.165) is 12.1 Å². The van der Waals surface area contributed by atoms with E-state index in [1.165, 1.54) is 17.0 Å². The molecule has 2 N–H and O–H groups in total. The summed E-state index contributed by atoms with van der Waals surface area (Å²) in [6.45, 7) is 0.203. The second kappa shape index (κ2) is 4.26. The third kappa shape index (κ3) is 1.85. The largest absolute Gasteiger partial charge is 0.383 e. The maximum atomic E-state index is 13.5. The lowest BCUT2D eigenvalue weighted by atomic mass is 10.1. The predicted octanol–water partition coefficient (Wildman–Crippen LogP) is 2.04. The van der Waals surface area contributed by atoms with Crippen molar-refractivity contribution in [1.82, 2.24) is 9.55 Å². The molecule has 0 amide bonds. The molecule has 0 aliphatic carbocycles. The Morgan fingerprint density at radius 2 is 2.00 bits per heavy atom. The molecule has 86 valence electrons. The number of rotatable bonds is 2. The van der Waals surface area contributed by atoms with Gasteiger partial charge in [0.1, 0.15) is 23.1 Å². The zero-order valence-corrected chi connectivity index (χ0v) is 8.82. The number of imidazole rings is 1. The lowest BCUT2D eigenvalue weighted by Gasteiger charge is -2.04. The van der Waals surface area contributed by atoms with Gasteiger partial charge in [0, 0.05) is 0 Å². The summed E-state index contributed by atoms with van der Waals surface area (Å²) in [6, 6.07) is 3.58. The van der Waals surface area contributed by atoms with E-state index in [9.17, 15) is 8.78 Å². The van der Waals surface area contributed by atoms with E-state index in [2.05, 4.69) is 10.9 Å². The lowest BCUT2D eigenvalue weighted by molar-refractivity contribution is 0.589. The van der Waals surface area contributed by atoms with Crippen LogP contribution in [0.4, 0.5) is 14.6 Å². The molecule has 0 fully saturated rings. The number of terminal acetylenes is 1. The first-order valence-electron chi connectivity index (χ1n) is 4.83. The molecule has 17 heavy (non-hydrogen) atoms. The van der Waals surface area contributed by atoms with E-state index in [1.54, 1.807) is 0 Å². The number of benzene rings is 1. The van der Waals surface area contributed by atoms with Crippen molar-refractivity contribution in [2.45, 2.75) is 6.54 Å². The number of nitrogen functional groups attached to an aromatic ring is 1. The minimum absolute atomic E-state index is 0.0656. The first kappa shape index (κ1) is 11.1. The van der Waals surface area contributed by atoms with Gasteiger partial charge < -0.3 is 10.3 Å². The van der Waals surface area contributed by atoms with Crippen molar-refractivity contribution >= 4 is 5.82 Å². The van der Waals surface area contributed by atoms with Crippen LogP contribution in [-0.2, 0) is 6.54 Å². The normalized spacial score (nSPS) is 10.2. The number of nitrogens with two attached hydrogens (primary N) is 1. The standard InChI is InChI=1S/C12H9F2N3/c1-2-6-17-7-16-11(12(17)15)10-8(13)4-3-5-9(10)14/h1,3-5,7H,6,15H2. The molecular formula is C12H9F2N3. The first-order valence-corrected chi connectivity index (χ1v) is 4.83. The molecule has 0 radical (unpaired) electrons. The Balaban J connectivity index is 2.58. The van der Waals surface area contributed by atoms with Gasteiger partial charge in [-0.25, -0.2) is 13.8 Å². The zero-order valence-electron chi connectivity index (χ0n) is 8.82. The minimum Gasteiger partial charge on any atom is -0.383 e. The topological polar surface area (TPSA) is 43.8 Å². The molecule has 5 heteroatoms. The molecule has 1 aromatic carbocycles. The Labute approximate surface area is 96.9 Å². The van der Waals surface area contributed by atoms with Crippen molar-refractivity contribution in [3.8, 4) is 23.6 Å². The van der Waals surface area contributed by atoms with Crippen LogP contribution in [0.15, 0.2) is 24.5 Å². The average molecular weight is 233 g/mol. The molecule has 0 unspecified atom stereocenters. The van der Waals surface area contributed by atoms with Crippen LogP contribution in [0, 0.1) is 24.0 Å².